The van der Waals surface area contributed by atoms with Gasteiger partial charge in [-0.2, -0.15) is 4.99 Å². The summed E-state index contributed by atoms with van der Waals surface area (Å²) in [5, 5.41) is 9.36. The van der Waals surface area contributed by atoms with Crippen molar-refractivity contribution in [2.45, 2.75) is 19.3 Å². The molecule has 0 radical (unpaired) electrons. The highest BCUT2D eigenvalue weighted by molar-refractivity contribution is 5.71. The Morgan fingerprint density at radius 3 is 3.07 bits per heavy atom. The smallest absolute Gasteiger partial charge is 0.338 e. The number of rotatable bonds is 2. The first-order valence-electron chi connectivity index (χ1n) is 4.84. The Labute approximate surface area is 83.6 Å². The zero-order valence-electron chi connectivity index (χ0n) is 8.09. The molecule has 0 atom stereocenters. The molecule has 2 N–H and O–H groups in total. The Bertz CT molecular complexity index is 393. The van der Waals surface area contributed by atoms with Crippen LogP contribution in [0.1, 0.15) is 17.5 Å². The Hall–Kier alpha value is -1.57. The van der Waals surface area contributed by atoms with Crippen molar-refractivity contribution in [3.8, 4) is 0 Å². The van der Waals surface area contributed by atoms with Gasteiger partial charge in [-0.3, -0.25) is 0 Å². The van der Waals surface area contributed by atoms with Crippen molar-refractivity contribution in [2.75, 3.05) is 0 Å². The molecule has 1 aliphatic rings. The Morgan fingerprint density at radius 2 is 2.29 bits per heavy atom. The van der Waals surface area contributed by atoms with Gasteiger partial charge in [0.2, 0.25) is 5.69 Å². The van der Waals surface area contributed by atoms with Crippen LogP contribution in [0.25, 0.3) is 0 Å². The third-order valence-electron chi connectivity index (χ3n) is 2.53. The van der Waals surface area contributed by atoms with Crippen molar-refractivity contribution in [1.29, 1.82) is 0 Å². The third-order valence-corrected chi connectivity index (χ3v) is 2.53. The standard InChI is InChI=1S/C12H13NO/c1-2-4-9-5-3-6-11-10(9)7-8-12(14)13-11/h2-3,5-6H,1,4,7-8H2,(H,13,14)/p+1. The summed E-state index contributed by atoms with van der Waals surface area (Å²) in [5.41, 5.74) is 3.65. The average Bonchev–Trinajstić information content (AvgIpc) is 2.18. The van der Waals surface area contributed by atoms with Crippen LogP contribution in [0.2, 0.25) is 0 Å². The SMILES string of the molecule is C=CCc1cccc2c1CCC(O)=[NH+]2. The molecular formula is C12H14NO+. The second-order valence-corrected chi connectivity index (χ2v) is 3.51. The van der Waals surface area contributed by atoms with Gasteiger partial charge in [-0.05, 0) is 18.4 Å². The molecule has 0 amide bonds. The molecule has 2 nitrogen and oxygen atoms in total. The third kappa shape index (κ3) is 1.55. The predicted octanol–water partition coefficient (Wildman–Crippen LogP) is 1.03. The number of hydrogen-bond donors (Lipinski definition) is 2. The van der Waals surface area contributed by atoms with Crippen LogP contribution in [0.4, 0.5) is 5.69 Å². The van der Waals surface area contributed by atoms with Crippen LogP contribution in [-0.2, 0) is 12.8 Å². The van der Waals surface area contributed by atoms with E-state index in [1.54, 1.807) is 0 Å². The Kier molecular flexibility index (Phi) is 2.35. The first-order chi connectivity index (χ1) is 6.81. The van der Waals surface area contributed by atoms with E-state index in [9.17, 15) is 5.11 Å². The molecule has 1 heterocycles. The molecule has 0 saturated heterocycles. The van der Waals surface area contributed by atoms with Crippen LogP contribution in [-0.4, -0.2) is 11.0 Å². The molecule has 1 aromatic rings. The van der Waals surface area contributed by atoms with Crippen LogP contribution in [0.3, 0.4) is 0 Å². The van der Waals surface area contributed by atoms with Crippen LogP contribution in [0, 0.1) is 0 Å². The molecule has 1 aromatic carbocycles. The lowest BCUT2D eigenvalue weighted by molar-refractivity contribution is -0.370. The summed E-state index contributed by atoms with van der Waals surface area (Å²) in [6.07, 6.45) is 4.43. The molecule has 2 heteroatoms. The van der Waals surface area contributed by atoms with Gasteiger partial charge in [0.05, 0.1) is 6.42 Å². The number of aliphatic hydroxyl groups is 1. The summed E-state index contributed by atoms with van der Waals surface area (Å²) in [6, 6.07) is 6.12. The summed E-state index contributed by atoms with van der Waals surface area (Å²) in [4.78, 5) is 3.00. The molecule has 0 saturated carbocycles. The van der Waals surface area contributed by atoms with Crippen molar-refractivity contribution < 1.29 is 10.1 Å². The summed E-state index contributed by atoms with van der Waals surface area (Å²) in [6.45, 7) is 3.74. The van der Waals surface area contributed by atoms with Gasteiger partial charge >= 0.3 is 5.90 Å². The first kappa shape index (κ1) is 9.00. The quantitative estimate of drug-likeness (QED) is 0.668. The molecule has 14 heavy (non-hydrogen) atoms. The highest BCUT2D eigenvalue weighted by Crippen LogP contribution is 2.20. The average molecular weight is 188 g/mol. The van der Waals surface area contributed by atoms with E-state index in [2.05, 4.69) is 17.6 Å². The number of benzene rings is 1. The van der Waals surface area contributed by atoms with Crippen LogP contribution < -0.4 is 4.99 Å². The van der Waals surface area contributed by atoms with E-state index in [4.69, 9.17) is 0 Å². The lowest BCUT2D eigenvalue weighted by Gasteiger charge is -2.10. The van der Waals surface area contributed by atoms with E-state index in [0.717, 1.165) is 18.5 Å². The lowest BCUT2D eigenvalue weighted by atomic mass is 9.97. The number of fused-ring (bicyclic) bond motifs is 1. The van der Waals surface area contributed by atoms with Gasteiger partial charge in [-0.15, -0.1) is 6.58 Å². The van der Waals surface area contributed by atoms with E-state index >= 15 is 0 Å². The first-order valence-corrected chi connectivity index (χ1v) is 4.84. The second-order valence-electron chi connectivity index (χ2n) is 3.51. The molecule has 72 valence electrons. The fourth-order valence-corrected chi connectivity index (χ4v) is 1.86. The zero-order chi connectivity index (χ0) is 9.97. The fourth-order valence-electron chi connectivity index (χ4n) is 1.86. The summed E-state index contributed by atoms with van der Waals surface area (Å²) < 4.78 is 0. The number of nitrogens with one attached hydrogen (secondary N) is 1. The zero-order valence-corrected chi connectivity index (χ0v) is 8.09. The fraction of sp³-hybridized carbons (Fsp3) is 0.250. The van der Waals surface area contributed by atoms with Crippen molar-refractivity contribution in [2.24, 2.45) is 0 Å². The lowest BCUT2D eigenvalue weighted by Crippen LogP contribution is -2.68. The van der Waals surface area contributed by atoms with Crippen molar-refractivity contribution >= 4 is 11.6 Å². The minimum Gasteiger partial charge on any atom is -0.463 e. The van der Waals surface area contributed by atoms with Gasteiger partial charge in [0, 0.05) is 11.6 Å². The van der Waals surface area contributed by atoms with E-state index < -0.39 is 0 Å². The highest BCUT2D eigenvalue weighted by Gasteiger charge is 2.19. The van der Waals surface area contributed by atoms with Gasteiger partial charge in [0.1, 0.15) is 0 Å². The number of allylic oxidation sites excluding steroid dienone is 1. The number of hydrogen-bond acceptors (Lipinski definition) is 0. The monoisotopic (exact) mass is 188 g/mol. The van der Waals surface area contributed by atoms with E-state index in [1.807, 2.05) is 18.2 Å². The molecule has 0 spiro atoms. The van der Waals surface area contributed by atoms with E-state index in [1.165, 1.54) is 11.1 Å². The topological polar surface area (TPSA) is 34.2 Å². The van der Waals surface area contributed by atoms with Gasteiger partial charge in [-0.25, -0.2) is 0 Å². The maximum absolute atomic E-state index is 9.36. The Balaban J connectivity index is 2.47. The predicted molar refractivity (Wildman–Crippen MR) is 56.9 cm³/mol. The van der Waals surface area contributed by atoms with Gasteiger partial charge < -0.3 is 5.11 Å². The maximum Gasteiger partial charge on any atom is 0.338 e. The van der Waals surface area contributed by atoms with Crippen LogP contribution >= 0.6 is 0 Å². The molecule has 0 fully saturated rings. The van der Waals surface area contributed by atoms with Gasteiger partial charge in [0.15, 0.2) is 0 Å². The minimum absolute atomic E-state index is 0.369. The maximum atomic E-state index is 9.36. The molecule has 2 rings (SSSR count). The van der Waals surface area contributed by atoms with Crippen LogP contribution in [0.5, 0.6) is 0 Å². The van der Waals surface area contributed by atoms with Crippen molar-refractivity contribution in [1.82, 2.24) is 0 Å². The van der Waals surface area contributed by atoms with Crippen molar-refractivity contribution in [3.05, 3.63) is 42.0 Å². The minimum atomic E-state index is 0.369. The normalized spacial score (nSPS) is 14.4. The summed E-state index contributed by atoms with van der Waals surface area (Å²) in [7, 11) is 0. The number of aliphatic hydroxyl groups excluding tert-OH is 1. The van der Waals surface area contributed by atoms with E-state index in [0.29, 0.717) is 12.3 Å². The van der Waals surface area contributed by atoms with Gasteiger partial charge in [0.25, 0.3) is 0 Å². The summed E-state index contributed by atoms with van der Waals surface area (Å²) in [5.74, 6) is 0.369. The summed E-state index contributed by atoms with van der Waals surface area (Å²) >= 11 is 0. The second kappa shape index (κ2) is 3.66. The largest absolute Gasteiger partial charge is 0.463 e. The van der Waals surface area contributed by atoms with Crippen LogP contribution in [0.15, 0.2) is 30.9 Å². The molecule has 0 aromatic heterocycles. The highest BCUT2D eigenvalue weighted by atomic mass is 16.3. The molecule has 0 bridgehead atoms. The Morgan fingerprint density at radius 1 is 1.43 bits per heavy atom. The molecule has 1 aliphatic heterocycles. The van der Waals surface area contributed by atoms with E-state index in [-0.39, 0.29) is 0 Å². The van der Waals surface area contributed by atoms with Gasteiger partial charge in [-0.1, -0.05) is 18.2 Å². The molecular weight excluding hydrogens is 174 g/mol. The van der Waals surface area contributed by atoms with Crippen molar-refractivity contribution in [3.63, 3.8) is 0 Å². The molecule has 0 aliphatic carbocycles. The molecule has 0 unspecified atom stereocenters.